The van der Waals surface area contributed by atoms with E-state index >= 15 is 0 Å². The van der Waals surface area contributed by atoms with Gasteiger partial charge >= 0.3 is 0 Å². The Balaban J connectivity index is 1.72. The van der Waals surface area contributed by atoms with Crippen molar-refractivity contribution < 1.29 is 0 Å². The zero-order chi connectivity index (χ0) is 25.6. The van der Waals surface area contributed by atoms with E-state index in [9.17, 15) is 0 Å². The molecule has 1 aliphatic rings. The average Bonchev–Trinajstić information content (AvgIpc) is 3.22. The fourth-order valence-corrected chi connectivity index (χ4v) is 6.51. The van der Waals surface area contributed by atoms with E-state index in [1.165, 1.54) is 60.9 Å². The highest BCUT2D eigenvalue weighted by Gasteiger charge is 2.56. The first-order chi connectivity index (χ1) is 16.9. The van der Waals surface area contributed by atoms with Gasteiger partial charge in [-0.15, -0.1) is 0 Å². The van der Waals surface area contributed by atoms with E-state index in [-0.39, 0.29) is 16.2 Å². The second-order valence-corrected chi connectivity index (χ2v) is 12.5. The smallest absolute Gasteiger partial charge is 0.0544 e. The van der Waals surface area contributed by atoms with Crippen molar-refractivity contribution in [3.8, 4) is 16.8 Å². The molecule has 4 aromatic carbocycles. The van der Waals surface area contributed by atoms with E-state index in [0.717, 1.165) is 0 Å². The molecule has 36 heavy (non-hydrogen) atoms. The minimum atomic E-state index is 0.0720. The van der Waals surface area contributed by atoms with Crippen molar-refractivity contribution in [2.24, 2.45) is 5.41 Å². The van der Waals surface area contributed by atoms with Gasteiger partial charge in [0.15, 0.2) is 0 Å². The Morgan fingerprint density at radius 3 is 1.78 bits per heavy atom. The largest absolute Gasteiger partial charge is 0.309 e. The summed E-state index contributed by atoms with van der Waals surface area (Å²) in [5.41, 5.74) is 12.3. The third-order valence-corrected chi connectivity index (χ3v) is 10.2. The molecule has 1 heteroatoms. The van der Waals surface area contributed by atoms with Gasteiger partial charge in [-0.1, -0.05) is 84.0 Å². The lowest BCUT2D eigenvalue weighted by Gasteiger charge is -2.44. The van der Waals surface area contributed by atoms with Gasteiger partial charge in [-0.3, -0.25) is 0 Å². The minimum Gasteiger partial charge on any atom is -0.309 e. The number of benzene rings is 4. The highest BCUT2D eigenvalue weighted by Crippen LogP contribution is 2.62. The summed E-state index contributed by atoms with van der Waals surface area (Å²) in [7, 11) is 0. The van der Waals surface area contributed by atoms with Gasteiger partial charge in [-0.05, 0) is 99.9 Å². The molecule has 0 atom stereocenters. The van der Waals surface area contributed by atoms with Crippen LogP contribution in [-0.2, 0) is 10.8 Å². The SMILES string of the molecule is Cc1ccc(-c2ccc3c(c2)c2cc4c(cc2n3-c2ccccc2)C(C)(C)C(C)(C)C4(C)C)cc1C. The van der Waals surface area contributed by atoms with Gasteiger partial charge in [0.25, 0.3) is 0 Å². The fourth-order valence-electron chi connectivity index (χ4n) is 6.51. The van der Waals surface area contributed by atoms with E-state index in [4.69, 9.17) is 0 Å². The molecule has 0 aliphatic heterocycles. The number of aromatic nitrogens is 1. The van der Waals surface area contributed by atoms with Crippen molar-refractivity contribution in [2.45, 2.75) is 66.2 Å². The van der Waals surface area contributed by atoms with Crippen LogP contribution >= 0.6 is 0 Å². The lowest BCUT2D eigenvalue weighted by molar-refractivity contribution is 0.125. The van der Waals surface area contributed by atoms with Crippen molar-refractivity contribution in [3.63, 3.8) is 0 Å². The van der Waals surface area contributed by atoms with Crippen molar-refractivity contribution in [1.82, 2.24) is 4.57 Å². The van der Waals surface area contributed by atoms with E-state index < -0.39 is 0 Å². The maximum Gasteiger partial charge on any atom is 0.0544 e. The molecule has 0 N–H and O–H groups in total. The first kappa shape index (κ1) is 23.1. The normalized spacial score (nSPS) is 17.6. The third-order valence-electron chi connectivity index (χ3n) is 10.2. The Hall–Kier alpha value is -3.32. The molecule has 6 rings (SSSR count). The van der Waals surface area contributed by atoms with E-state index in [1.807, 2.05) is 0 Å². The van der Waals surface area contributed by atoms with Crippen LogP contribution in [0.15, 0.2) is 78.9 Å². The van der Waals surface area contributed by atoms with Crippen LogP contribution in [-0.4, -0.2) is 4.57 Å². The Kier molecular flexibility index (Phi) is 4.72. The second kappa shape index (κ2) is 7.35. The van der Waals surface area contributed by atoms with Crippen LogP contribution in [0, 0.1) is 19.3 Å². The molecule has 0 unspecified atom stereocenters. The standard InChI is InChI=1S/C35H37N/c1-22-14-15-24(18-23(22)2)25-16-17-31-27(19-25)28-20-29-30(34(5,6)35(7,8)33(29,3)4)21-32(28)36(31)26-12-10-9-11-13-26/h9-21H,1-8H3. The molecular formula is C35H37N. The number of fused-ring (bicyclic) bond motifs is 4. The van der Waals surface area contributed by atoms with Crippen LogP contribution in [0.4, 0.5) is 0 Å². The number of aryl methyl sites for hydroxylation is 2. The van der Waals surface area contributed by atoms with Gasteiger partial charge in [-0.25, -0.2) is 0 Å². The van der Waals surface area contributed by atoms with Crippen molar-refractivity contribution in [3.05, 3.63) is 101 Å². The van der Waals surface area contributed by atoms with Crippen LogP contribution in [0.25, 0.3) is 38.6 Å². The second-order valence-electron chi connectivity index (χ2n) is 12.5. The zero-order valence-corrected chi connectivity index (χ0v) is 23.0. The molecule has 1 nitrogen and oxygen atoms in total. The Morgan fingerprint density at radius 2 is 1.11 bits per heavy atom. The van der Waals surface area contributed by atoms with Gasteiger partial charge < -0.3 is 4.57 Å². The molecule has 1 aromatic heterocycles. The predicted octanol–water partition coefficient (Wildman–Crippen LogP) is 9.66. The highest BCUT2D eigenvalue weighted by molar-refractivity contribution is 6.11. The molecule has 0 radical (unpaired) electrons. The summed E-state index contributed by atoms with van der Waals surface area (Å²) >= 11 is 0. The quantitative estimate of drug-likeness (QED) is 0.241. The molecule has 1 heterocycles. The maximum atomic E-state index is 2.52. The molecule has 1 aliphatic carbocycles. The lowest BCUT2D eigenvalue weighted by atomic mass is 9.59. The monoisotopic (exact) mass is 471 g/mol. The van der Waals surface area contributed by atoms with E-state index in [2.05, 4.69) is 139 Å². The summed E-state index contributed by atoms with van der Waals surface area (Å²) in [6.45, 7) is 19.0. The summed E-state index contributed by atoms with van der Waals surface area (Å²) in [4.78, 5) is 0. The van der Waals surface area contributed by atoms with Crippen LogP contribution in [0.1, 0.15) is 63.8 Å². The van der Waals surface area contributed by atoms with Crippen molar-refractivity contribution >= 4 is 21.8 Å². The topological polar surface area (TPSA) is 4.93 Å². The first-order valence-corrected chi connectivity index (χ1v) is 13.2. The summed E-state index contributed by atoms with van der Waals surface area (Å²) < 4.78 is 2.46. The number of para-hydroxylation sites is 1. The van der Waals surface area contributed by atoms with Gasteiger partial charge in [0.1, 0.15) is 0 Å². The minimum absolute atomic E-state index is 0.0720. The summed E-state index contributed by atoms with van der Waals surface area (Å²) in [6, 6.07) is 29.7. The van der Waals surface area contributed by atoms with Crippen molar-refractivity contribution in [2.75, 3.05) is 0 Å². The zero-order valence-electron chi connectivity index (χ0n) is 23.0. The Morgan fingerprint density at radius 1 is 0.528 bits per heavy atom. The van der Waals surface area contributed by atoms with Crippen LogP contribution in [0.5, 0.6) is 0 Å². The van der Waals surface area contributed by atoms with Crippen LogP contribution in [0.3, 0.4) is 0 Å². The molecule has 0 bridgehead atoms. The molecule has 0 fully saturated rings. The predicted molar refractivity (Wildman–Crippen MR) is 156 cm³/mol. The van der Waals surface area contributed by atoms with Crippen molar-refractivity contribution in [1.29, 1.82) is 0 Å². The first-order valence-electron chi connectivity index (χ1n) is 13.2. The number of nitrogens with zero attached hydrogens (tertiary/aromatic N) is 1. The fraction of sp³-hybridized carbons (Fsp3) is 0.314. The summed E-state index contributed by atoms with van der Waals surface area (Å²) in [5.74, 6) is 0. The van der Waals surface area contributed by atoms with E-state index in [1.54, 1.807) is 0 Å². The molecule has 0 saturated carbocycles. The lowest BCUT2D eigenvalue weighted by Crippen LogP contribution is -2.42. The summed E-state index contributed by atoms with van der Waals surface area (Å²) in [5, 5.41) is 2.67. The maximum absolute atomic E-state index is 2.52. The Bertz CT molecular complexity index is 1660. The van der Waals surface area contributed by atoms with Gasteiger partial charge in [0.2, 0.25) is 0 Å². The number of hydrogen-bond donors (Lipinski definition) is 0. The number of hydrogen-bond acceptors (Lipinski definition) is 0. The van der Waals surface area contributed by atoms with Gasteiger partial charge in [-0.2, -0.15) is 0 Å². The van der Waals surface area contributed by atoms with E-state index in [0.29, 0.717) is 0 Å². The number of rotatable bonds is 2. The van der Waals surface area contributed by atoms with Gasteiger partial charge in [0.05, 0.1) is 11.0 Å². The van der Waals surface area contributed by atoms with Crippen LogP contribution in [0.2, 0.25) is 0 Å². The summed E-state index contributed by atoms with van der Waals surface area (Å²) in [6.07, 6.45) is 0. The molecule has 0 saturated heterocycles. The van der Waals surface area contributed by atoms with Crippen LogP contribution < -0.4 is 0 Å². The molecule has 182 valence electrons. The molecule has 5 aromatic rings. The van der Waals surface area contributed by atoms with Gasteiger partial charge in [0, 0.05) is 16.5 Å². The Labute approximate surface area is 215 Å². The molecule has 0 spiro atoms. The average molecular weight is 472 g/mol. The third kappa shape index (κ3) is 2.89. The molecular weight excluding hydrogens is 434 g/mol. The molecule has 0 amide bonds. The highest BCUT2D eigenvalue weighted by atomic mass is 15.0.